The number of halogens is 3. The summed E-state index contributed by atoms with van der Waals surface area (Å²) >= 11 is 0. The molecule has 6 heteroatoms. The summed E-state index contributed by atoms with van der Waals surface area (Å²) in [7, 11) is 0. The molecule has 0 amide bonds. The van der Waals surface area contributed by atoms with Crippen LogP contribution in [0, 0.1) is 13.8 Å². The van der Waals surface area contributed by atoms with E-state index in [9.17, 15) is 23.1 Å². The number of carbonyl (C=O) groups is 1. The first-order valence-electron chi connectivity index (χ1n) is 5.13. The SMILES string of the molecule is Cc1ccc(C(C)(O)C(F)(F)F)c(C)c1C(=O)O. The highest BCUT2D eigenvalue weighted by Crippen LogP contribution is 2.40. The molecule has 2 N–H and O–H groups in total. The average molecular weight is 262 g/mol. The number of benzene rings is 1. The van der Waals surface area contributed by atoms with Crippen LogP contribution in [-0.2, 0) is 5.60 Å². The first-order valence-corrected chi connectivity index (χ1v) is 5.13. The third-order valence-corrected chi connectivity index (χ3v) is 2.96. The standard InChI is InChI=1S/C12H13F3O3/c1-6-4-5-8(7(2)9(6)10(16)17)11(3,18)12(13,14)15/h4-5,18H,1-3H3,(H,16,17). The Morgan fingerprint density at radius 2 is 1.72 bits per heavy atom. The van der Waals surface area contributed by atoms with Crippen molar-refractivity contribution in [3.63, 3.8) is 0 Å². The largest absolute Gasteiger partial charge is 0.478 e. The van der Waals surface area contributed by atoms with Crippen LogP contribution in [0.1, 0.15) is 34.0 Å². The second-order valence-electron chi connectivity index (χ2n) is 4.31. The minimum Gasteiger partial charge on any atom is -0.478 e. The number of rotatable bonds is 2. The van der Waals surface area contributed by atoms with E-state index in [4.69, 9.17) is 5.11 Å². The van der Waals surface area contributed by atoms with Gasteiger partial charge in [-0.25, -0.2) is 4.79 Å². The van der Waals surface area contributed by atoms with E-state index in [1.165, 1.54) is 19.9 Å². The lowest BCUT2D eigenvalue weighted by molar-refractivity contribution is -0.259. The molecule has 3 nitrogen and oxygen atoms in total. The molecule has 0 saturated heterocycles. The zero-order valence-electron chi connectivity index (χ0n) is 10.1. The van der Waals surface area contributed by atoms with Crippen LogP contribution in [0.5, 0.6) is 0 Å². The van der Waals surface area contributed by atoms with Gasteiger partial charge >= 0.3 is 12.1 Å². The Morgan fingerprint density at radius 3 is 2.11 bits per heavy atom. The number of carboxylic acids is 1. The van der Waals surface area contributed by atoms with E-state index >= 15 is 0 Å². The Bertz CT molecular complexity index is 490. The molecule has 0 saturated carbocycles. The predicted octanol–water partition coefficient (Wildman–Crippen LogP) is 2.77. The van der Waals surface area contributed by atoms with Crippen LogP contribution < -0.4 is 0 Å². The van der Waals surface area contributed by atoms with Gasteiger partial charge in [-0.2, -0.15) is 13.2 Å². The maximum Gasteiger partial charge on any atom is 0.421 e. The van der Waals surface area contributed by atoms with Crippen LogP contribution in [0.15, 0.2) is 12.1 Å². The summed E-state index contributed by atoms with van der Waals surface area (Å²) in [4.78, 5) is 11.0. The van der Waals surface area contributed by atoms with Crippen molar-refractivity contribution in [2.45, 2.75) is 32.5 Å². The van der Waals surface area contributed by atoms with Crippen molar-refractivity contribution >= 4 is 5.97 Å². The highest BCUT2D eigenvalue weighted by molar-refractivity contribution is 5.91. The molecule has 1 unspecified atom stereocenters. The van der Waals surface area contributed by atoms with Gasteiger partial charge in [-0.15, -0.1) is 0 Å². The Kier molecular flexibility index (Phi) is 3.44. The summed E-state index contributed by atoms with van der Waals surface area (Å²) in [5.41, 5.74) is -3.46. The third kappa shape index (κ3) is 2.20. The van der Waals surface area contributed by atoms with E-state index in [-0.39, 0.29) is 11.1 Å². The van der Waals surface area contributed by atoms with E-state index < -0.39 is 23.3 Å². The Labute approximate surface area is 102 Å². The second-order valence-corrected chi connectivity index (χ2v) is 4.31. The highest BCUT2D eigenvalue weighted by Gasteiger charge is 2.52. The Morgan fingerprint density at radius 1 is 1.22 bits per heavy atom. The van der Waals surface area contributed by atoms with Gasteiger partial charge in [-0.1, -0.05) is 12.1 Å². The summed E-state index contributed by atoms with van der Waals surface area (Å²) in [5, 5.41) is 18.6. The number of aromatic carboxylic acids is 1. The maximum atomic E-state index is 12.7. The quantitative estimate of drug-likeness (QED) is 0.861. The molecule has 0 aliphatic heterocycles. The van der Waals surface area contributed by atoms with Gasteiger partial charge in [0.25, 0.3) is 0 Å². The molecular weight excluding hydrogens is 249 g/mol. The Hall–Kier alpha value is -1.56. The van der Waals surface area contributed by atoms with Crippen molar-refractivity contribution in [3.8, 4) is 0 Å². The third-order valence-electron chi connectivity index (χ3n) is 2.96. The predicted molar refractivity (Wildman–Crippen MR) is 58.5 cm³/mol. The van der Waals surface area contributed by atoms with Crippen molar-refractivity contribution in [3.05, 3.63) is 34.4 Å². The van der Waals surface area contributed by atoms with Gasteiger partial charge in [0.1, 0.15) is 0 Å². The summed E-state index contributed by atoms with van der Waals surface area (Å²) in [6.45, 7) is 3.35. The molecule has 1 rings (SSSR count). The fourth-order valence-electron chi connectivity index (χ4n) is 1.86. The van der Waals surface area contributed by atoms with E-state index in [2.05, 4.69) is 0 Å². The number of alkyl halides is 3. The minimum absolute atomic E-state index is 0.0789. The van der Waals surface area contributed by atoms with E-state index in [0.717, 1.165) is 6.07 Å². The normalized spacial score (nSPS) is 15.3. The van der Waals surface area contributed by atoms with Crippen molar-refractivity contribution in [2.75, 3.05) is 0 Å². The van der Waals surface area contributed by atoms with Gasteiger partial charge in [-0.05, 0) is 37.5 Å². The Balaban J connectivity index is 3.55. The zero-order valence-corrected chi connectivity index (χ0v) is 10.1. The van der Waals surface area contributed by atoms with Gasteiger partial charge in [0.15, 0.2) is 5.60 Å². The lowest BCUT2D eigenvalue weighted by atomic mass is 9.87. The van der Waals surface area contributed by atoms with E-state index in [1.807, 2.05) is 0 Å². The number of aliphatic hydroxyl groups is 1. The van der Waals surface area contributed by atoms with Crippen molar-refractivity contribution < 1.29 is 28.2 Å². The fourth-order valence-corrected chi connectivity index (χ4v) is 1.86. The summed E-state index contributed by atoms with van der Waals surface area (Å²) < 4.78 is 38.2. The van der Waals surface area contributed by atoms with Crippen molar-refractivity contribution in [1.82, 2.24) is 0 Å². The van der Waals surface area contributed by atoms with Crippen LogP contribution in [0.2, 0.25) is 0 Å². The van der Waals surface area contributed by atoms with E-state index in [0.29, 0.717) is 12.5 Å². The summed E-state index contributed by atoms with van der Waals surface area (Å²) in [6, 6.07) is 2.36. The number of hydrogen-bond donors (Lipinski definition) is 2. The van der Waals surface area contributed by atoms with Crippen LogP contribution in [0.25, 0.3) is 0 Å². The smallest absolute Gasteiger partial charge is 0.421 e. The molecule has 0 spiro atoms. The highest BCUT2D eigenvalue weighted by atomic mass is 19.4. The number of aryl methyl sites for hydroxylation is 1. The summed E-state index contributed by atoms with van der Waals surface area (Å²) in [5.74, 6) is -1.31. The average Bonchev–Trinajstić information content (AvgIpc) is 2.14. The van der Waals surface area contributed by atoms with Crippen LogP contribution >= 0.6 is 0 Å². The molecule has 1 aromatic rings. The minimum atomic E-state index is -4.87. The van der Waals surface area contributed by atoms with Crippen LogP contribution in [0.4, 0.5) is 13.2 Å². The number of carboxylic acid groups (broad SMARTS) is 1. The molecule has 0 heterocycles. The second kappa shape index (κ2) is 4.28. The molecule has 0 aliphatic rings. The molecule has 1 atom stereocenters. The van der Waals surface area contributed by atoms with E-state index in [1.54, 1.807) is 0 Å². The van der Waals surface area contributed by atoms with Gasteiger partial charge < -0.3 is 10.2 Å². The molecule has 0 fully saturated rings. The lowest BCUT2D eigenvalue weighted by Gasteiger charge is -2.29. The molecular formula is C12H13F3O3. The van der Waals surface area contributed by atoms with Crippen molar-refractivity contribution in [2.24, 2.45) is 0 Å². The van der Waals surface area contributed by atoms with Gasteiger partial charge in [-0.3, -0.25) is 0 Å². The monoisotopic (exact) mass is 262 g/mol. The molecule has 0 aliphatic carbocycles. The molecule has 1 aromatic carbocycles. The summed E-state index contributed by atoms with van der Waals surface area (Å²) in [6.07, 6.45) is -4.87. The van der Waals surface area contributed by atoms with Crippen molar-refractivity contribution in [1.29, 1.82) is 0 Å². The maximum absolute atomic E-state index is 12.7. The zero-order chi connectivity index (χ0) is 14.3. The van der Waals surface area contributed by atoms with Crippen LogP contribution in [-0.4, -0.2) is 22.4 Å². The lowest BCUT2D eigenvalue weighted by Crippen LogP contribution is -2.40. The molecule has 0 radical (unpaired) electrons. The van der Waals surface area contributed by atoms with Gasteiger partial charge in [0.2, 0.25) is 0 Å². The molecule has 18 heavy (non-hydrogen) atoms. The first-order chi connectivity index (χ1) is 8.00. The molecule has 0 bridgehead atoms. The van der Waals surface area contributed by atoms with Crippen LogP contribution in [0.3, 0.4) is 0 Å². The van der Waals surface area contributed by atoms with Gasteiger partial charge in [0.05, 0.1) is 5.56 Å². The van der Waals surface area contributed by atoms with Gasteiger partial charge in [0, 0.05) is 0 Å². The molecule has 100 valence electrons. The fraction of sp³-hybridized carbons (Fsp3) is 0.417. The first kappa shape index (κ1) is 14.5. The number of hydrogen-bond acceptors (Lipinski definition) is 2. The topological polar surface area (TPSA) is 57.5 Å². The molecule has 0 aromatic heterocycles.